The Hall–Kier alpha value is -0.420. The van der Waals surface area contributed by atoms with Crippen molar-refractivity contribution in [2.75, 3.05) is 10.6 Å². The van der Waals surface area contributed by atoms with E-state index in [1.165, 1.54) is 6.07 Å². The monoisotopic (exact) mass is 337 g/mol. The number of rotatable bonds is 3. The molecule has 0 heterocycles. The zero-order valence-corrected chi connectivity index (χ0v) is 11.3. The maximum atomic E-state index is 13.2. The number of amides is 1. The van der Waals surface area contributed by atoms with Crippen molar-refractivity contribution in [3.63, 3.8) is 0 Å². The average molecular weight is 339 g/mol. The first kappa shape index (κ1) is 12.6. The third kappa shape index (κ3) is 3.57. The number of hydrogen-bond donors (Lipinski definition) is 1. The van der Waals surface area contributed by atoms with E-state index in [4.69, 9.17) is 0 Å². The second kappa shape index (κ2) is 5.61. The largest absolute Gasteiger partial charge is 0.326 e. The fraction of sp³-hybridized carbons (Fsp3) is 0.300. The van der Waals surface area contributed by atoms with Gasteiger partial charge < -0.3 is 5.32 Å². The van der Waals surface area contributed by atoms with Gasteiger partial charge in [-0.15, -0.1) is 0 Å². The van der Waals surface area contributed by atoms with Gasteiger partial charge in [-0.1, -0.05) is 15.9 Å². The highest BCUT2D eigenvalue weighted by molar-refractivity contribution is 9.10. The van der Waals surface area contributed by atoms with Gasteiger partial charge in [0, 0.05) is 17.4 Å². The number of benzene rings is 1. The molecule has 2 nitrogen and oxygen atoms in total. The summed E-state index contributed by atoms with van der Waals surface area (Å²) in [6.45, 7) is 1.81. The smallest absolute Gasteiger partial charge is 0.225 e. The lowest BCUT2D eigenvalue weighted by atomic mass is 10.2. The van der Waals surface area contributed by atoms with Crippen LogP contribution in [-0.4, -0.2) is 11.2 Å². The Morgan fingerprint density at radius 1 is 1.53 bits per heavy atom. The zero-order valence-electron chi connectivity index (χ0n) is 8.11. The maximum Gasteiger partial charge on any atom is 0.225 e. The fourth-order valence-corrected chi connectivity index (χ4v) is 1.90. The number of alkyl halides is 1. The minimum Gasteiger partial charge on any atom is -0.326 e. The molecule has 0 spiro atoms. The summed E-state index contributed by atoms with van der Waals surface area (Å²) in [5, 5.41) is 3.24. The molecule has 0 saturated carbocycles. The molecule has 0 radical (unpaired) electrons. The highest BCUT2D eigenvalue weighted by Gasteiger charge is 2.07. The van der Waals surface area contributed by atoms with Crippen LogP contribution in [0.3, 0.4) is 0 Å². The summed E-state index contributed by atoms with van der Waals surface area (Å²) in [6, 6.07) is 2.95. The van der Waals surface area contributed by atoms with E-state index in [-0.39, 0.29) is 11.7 Å². The second-order valence-electron chi connectivity index (χ2n) is 3.07. The molecule has 0 aliphatic heterocycles. The van der Waals surface area contributed by atoms with Crippen LogP contribution in [0.4, 0.5) is 10.1 Å². The van der Waals surface area contributed by atoms with Gasteiger partial charge in [0.15, 0.2) is 0 Å². The Morgan fingerprint density at radius 2 is 2.20 bits per heavy atom. The second-order valence-corrected chi connectivity index (χ2v) is 4.72. The number of aryl methyl sites for hydroxylation is 1. The molecule has 0 aliphatic carbocycles. The molecular weight excluding hydrogens is 329 g/mol. The van der Waals surface area contributed by atoms with Crippen LogP contribution in [0.25, 0.3) is 0 Å². The van der Waals surface area contributed by atoms with Crippen LogP contribution in [0.2, 0.25) is 0 Å². The molecule has 5 heteroatoms. The van der Waals surface area contributed by atoms with Crippen LogP contribution in [0.1, 0.15) is 12.0 Å². The lowest BCUT2D eigenvalue weighted by Gasteiger charge is -2.08. The molecule has 1 rings (SSSR count). The minimum absolute atomic E-state index is 0.128. The average Bonchev–Trinajstić information content (AvgIpc) is 2.14. The molecule has 0 aliphatic rings. The van der Waals surface area contributed by atoms with E-state index in [0.29, 0.717) is 21.9 Å². The van der Waals surface area contributed by atoms with Crippen molar-refractivity contribution in [3.05, 3.63) is 28.0 Å². The summed E-state index contributed by atoms with van der Waals surface area (Å²) in [6.07, 6.45) is 0.372. The molecule has 0 aromatic heterocycles. The Kier molecular flexibility index (Phi) is 4.73. The van der Waals surface area contributed by atoms with Crippen molar-refractivity contribution >= 4 is 43.5 Å². The van der Waals surface area contributed by atoms with Crippen molar-refractivity contribution < 1.29 is 9.18 Å². The van der Waals surface area contributed by atoms with Crippen molar-refractivity contribution in [2.45, 2.75) is 13.3 Å². The summed E-state index contributed by atoms with van der Waals surface area (Å²) in [5.74, 6) is -0.508. The van der Waals surface area contributed by atoms with E-state index in [2.05, 4.69) is 37.2 Å². The van der Waals surface area contributed by atoms with Crippen molar-refractivity contribution in [2.24, 2.45) is 0 Å². The van der Waals surface area contributed by atoms with E-state index in [9.17, 15) is 9.18 Å². The summed E-state index contributed by atoms with van der Waals surface area (Å²) in [7, 11) is 0. The number of hydrogen-bond acceptors (Lipinski definition) is 1. The minimum atomic E-state index is -0.380. The lowest BCUT2D eigenvalue weighted by Crippen LogP contribution is -2.12. The quantitative estimate of drug-likeness (QED) is 0.838. The summed E-state index contributed by atoms with van der Waals surface area (Å²) in [4.78, 5) is 11.3. The Balaban J connectivity index is 2.86. The fourth-order valence-electron chi connectivity index (χ4n) is 1.08. The van der Waals surface area contributed by atoms with Crippen LogP contribution in [0.5, 0.6) is 0 Å². The van der Waals surface area contributed by atoms with Crippen molar-refractivity contribution in [1.82, 2.24) is 0 Å². The van der Waals surface area contributed by atoms with Crippen molar-refractivity contribution in [1.29, 1.82) is 0 Å². The maximum absolute atomic E-state index is 13.2. The standard InChI is InChI=1S/C10H10Br2FNO/c1-6-4-7(12)8(13)5-9(6)14-10(15)2-3-11/h4-5H,2-3H2,1H3,(H,14,15). The number of carbonyl (C=O) groups is 1. The normalized spacial score (nSPS) is 10.1. The number of anilines is 1. The van der Waals surface area contributed by atoms with E-state index in [1.807, 2.05) is 6.92 Å². The van der Waals surface area contributed by atoms with Gasteiger partial charge in [-0.25, -0.2) is 4.39 Å². The molecule has 0 bridgehead atoms. The molecule has 0 fully saturated rings. The van der Waals surface area contributed by atoms with Gasteiger partial charge in [-0.2, -0.15) is 0 Å². The van der Waals surface area contributed by atoms with Gasteiger partial charge in [0.05, 0.1) is 4.47 Å². The molecular formula is C10H10Br2FNO. The Bertz CT molecular complexity index is 382. The van der Waals surface area contributed by atoms with Gasteiger partial charge in [0.25, 0.3) is 0 Å². The highest BCUT2D eigenvalue weighted by atomic mass is 79.9. The number of halogens is 3. The predicted molar refractivity (Wildman–Crippen MR) is 65.9 cm³/mol. The molecule has 1 aromatic rings. The van der Waals surface area contributed by atoms with Crippen LogP contribution in [-0.2, 0) is 4.79 Å². The Morgan fingerprint density at radius 3 is 2.80 bits per heavy atom. The first-order valence-corrected chi connectivity index (χ1v) is 6.27. The first-order chi connectivity index (χ1) is 7.04. The molecule has 1 amide bonds. The van der Waals surface area contributed by atoms with Gasteiger partial charge >= 0.3 is 0 Å². The third-order valence-electron chi connectivity index (χ3n) is 1.86. The SMILES string of the molecule is Cc1cc(Br)c(F)cc1NC(=O)CCBr. The lowest BCUT2D eigenvalue weighted by molar-refractivity contribution is -0.115. The van der Waals surface area contributed by atoms with Gasteiger partial charge in [-0.3, -0.25) is 4.79 Å². The van der Waals surface area contributed by atoms with Gasteiger partial charge in [0.2, 0.25) is 5.91 Å². The molecule has 0 saturated heterocycles. The molecule has 0 atom stereocenters. The number of carbonyl (C=O) groups excluding carboxylic acids is 1. The van der Waals surface area contributed by atoms with Crippen LogP contribution in [0, 0.1) is 12.7 Å². The van der Waals surface area contributed by atoms with Gasteiger partial charge in [0.1, 0.15) is 5.82 Å². The van der Waals surface area contributed by atoms with E-state index in [0.717, 1.165) is 5.56 Å². The van der Waals surface area contributed by atoms with Gasteiger partial charge in [-0.05, 0) is 40.5 Å². The van der Waals surface area contributed by atoms with Crippen LogP contribution in [0.15, 0.2) is 16.6 Å². The topological polar surface area (TPSA) is 29.1 Å². The molecule has 82 valence electrons. The predicted octanol–water partition coefficient (Wildman–Crippen LogP) is 3.62. The molecule has 15 heavy (non-hydrogen) atoms. The van der Waals surface area contributed by atoms with Crippen molar-refractivity contribution in [3.8, 4) is 0 Å². The molecule has 1 N–H and O–H groups in total. The molecule has 0 unspecified atom stereocenters. The van der Waals surface area contributed by atoms with Crippen LogP contribution >= 0.6 is 31.9 Å². The van der Waals surface area contributed by atoms with E-state index < -0.39 is 0 Å². The van der Waals surface area contributed by atoms with Crippen LogP contribution < -0.4 is 5.32 Å². The first-order valence-electron chi connectivity index (χ1n) is 4.36. The molecule has 1 aromatic carbocycles. The highest BCUT2D eigenvalue weighted by Crippen LogP contribution is 2.23. The zero-order chi connectivity index (χ0) is 11.4. The van der Waals surface area contributed by atoms with E-state index in [1.54, 1.807) is 6.07 Å². The van der Waals surface area contributed by atoms with E-state index >= 15 is 0 Å². The Labute approximate surface area is 105 Å². The summed E-state index contributed by atoms with van der Waals surface area (Å²) >= 11 is 6.25. The summed E-state index contributed by atoms with van der Waals surface area (Å²) < 4.78 is 13.6. The number of nitrogens with one attached hydrogen (secondary N) is 1. The third-order valence-corrected chi connectivity index (χ3v) is 2.87. The summed E-state index contributed by atoms with van der Waals surface area (Å²) in [5.41, 5.74) is 1.34.